The van der Waals surface area contributed by atoms with Gasteiger partial charge in [-0.2, -0.15) is 0 Å². The van der Waals surface area contributed by atoms with Gasteiger partial charge < -0.3 is 14.8 Å². The molecule has 1 heterocycles. The number of nitrogens with one attached hydrogen (secondary N) is 1. The number of aromatic nitrogens is 1. The van der Waals surface area contributed by atoms with Gasteiger partial charge in [-0.05, 0) is 36.1 Å². The SMILES string of the molecule is COc1cc2cc(C)c(SCC(=O)Nc3cccc4ccccc34)nc2cc1OC. The number of pyridine rings is 1. The summed E-state index contributed by atoms with van der Waals surface area (Å²) < 4.78 is 10.7. The second-order valence-electron chi connectivity index (χ2n) is 6.87. The molecule has 6 heteroatoms. The summed E-state index contributed by atoms with van der Waals surface area (Å²) in [5, 5.41) is 6.93. The molecule has 152 valence electrons. The molecule has 0 spiro atoms. The molecule has 1 aromatic heterocycles. The number of amides is 1. The number of ether oxygens (including phenoxy) is 2. The lowest BCUT2D eigenvalue weighted by Crippen LogP contribution is -2.14. The van der Waals surface area contributed by atoms with Crippen molar-refractivity contribution in [2.24, 2.45) is 0 Å². The molecule has 0 radical (unpaired) electrons. The fourth-order valence-electron chi connectivity index (χ4n) is 3.39. The van der Waals surface area contributed by atoms with Crippen molar-refractivity contribution in [3.05, 3.63) is 66.2 Å². The van der Waals surface area contributed by atoms with Crippen molar-refractivity contribution < 1.29 is 14.3 Å². The molecule has 1 N–H and O–H groups in total. The van der Waals surface area contributed by atoms with Crippen LogP contribution in [0.2, 0.25) is 0 Å². The van der Waals surface area contributed by atoms with Crippen LogP contribution in [0.15, 0.2) is 65.7 Å². The Bertz CT molecular complexity index is 1230. The van der Waals surface area contributed by atoms with Crippen molar-refractivity contribution >= 4 is 45.0 Å². The molecule has 0 aliphatic rings. The van der Waals surface area contributed by atoms with Gasteiger partial charge in [-0.3, -0.25) is 4.79 Å². The Labute approximate surface area is 179 Å². The first-order valence-electron chi connectivity index (χ1n) is 9.53. The molecule has 4 aromatic rings. The quantitative estimate of drug-likeness (QED) is 0.422. The van der Waals surface area contributed by atoms with Crippen molar-refractivity contribution in [3.8, 4) is 11.5 Å². The van der Waals surface area contributed by atoms with Gasteiger partial charge in [-0.1, -0.05) is 48.2 Å². The molecule has 1 amide bonds. The highest BCUT2D eigenvalue weighted by molar-refractivity contribution is 8.00. The number of carbonyl (C=O) groups excluding carboxylic acids is 1. The van der Waals surface area contributed by atoms with Crippen LogP contribution < -0.4 is 14.8 Å². The zero-order chi connectivity index (χ0) is 21.1. The van der Waals surface area contributed by atoms with E-state index in [-0.39, 0.29) is 11.7 Å². The van der Waals surface area contributed by atoms with Crippen LogP contribution in [0.3, 0.4) is 0 Å². The van der Waals surface area contributed by atoms with E-state index in [2.05, 4.69) is 11.4 Å². The second kappa shape index (κ2) is 8.63. The minimum absolute atomic E-state index is 0.0649. The van der Waals surface area contributed by atoms with Crippen LogP contribution in [-0.2, 0) is 4.79 Å². The van der Waals surface area contributed by atoms with Crippen molar-refractivity contribution in [2.45, 2.75) is 11.9 Å². The lowest BCUT2D eigenvalue weighted by atomic mass is 10.1. The van der Waals surface area contributed by atoms with E-state index in [0.717, 1.165) is 38.0 Å². The Morgan fingerprint density at radius 3 is 2.50 bits per heavy atom. The molecule has 0 aliphatic carbocycles. The zero-order valence-electron chi connectivity index (χ0n) is 17.1. The van der Waals surface area contributed by atoms with Crippen LogP contribution in [0.25, 0.3) is 21.7 Å². The van der Waals surface area contributed by atoms with E-state index in [4.69, 9.17) is 14.5 Å². The van der Waals surface area contributed by atoms with Crippen LogP contribution >= 0.6 is 11.8 Å². The molecule has 4 rings (SSSR count). The van der Waals surface area contributed by atoms with E-state index in [9.17, 15) is 4.79 Å². The van der Waals surface area contributed by atoms with Gasteiger partial charge in [0.25, 0.3) is 0 Å². The normalized spacial score (nSPS) is 10.9. The lowest BCUT2D eigenvalue weighted by Gasteiger charge is -2.12. The maximum Gasteiger partial charge on any atom is 0.234 e. The Kier molecular flexibility index (Phi) is 5.77. The number of aryl methyl sites for hydroxylation is 1. The Balaban J connectivity index is 1.52. The van der Waals surface area contributed by atoms with E-state index < -0.39 is 0 Å². The van der Waals surface area contributed by atoms with Crippen molar-refractivity contribution in [2.75, 3.05) is 25.3 Å². The number of rotatable bonds is 6. The average Bonchev–Trinajstić information content (AvgIpc) is 2.77. The minimum Gasteiger partial charge on any atom is -0.493 e. The number of benzene rings is 3. The number of methoxy groups -OCH3 is 2. The van der Waals surface area contributed by atoms with E-state index in [1.165, 1.54) is 11.8 Å². The topological polar surface area (TPSA) is 60.5 Å². The summed E-state index contributed by atoms with van der Waals surface area (Å²) >= 11 is 1.42. The Morgan fingerprint density at radius 1 is 0.967 bits per heavy atom. The largest absolute Gasteiger partial charge is 0.493 e. The first-order valence-corrected chi connectivity index (χ1v) is 10.5. The molecular formula is C24H22N2O3S. The third kappa shape index (κ3) is 4.04. The van der Waals surface area contributed by atoms with E-state index in [1.807, 2.05) is 61.5 Å². The van der Waals surface area contributed by atoms with Crippen LogP contribution in [0.5, 0.6) is 11.5 Å². The lowest BCUT2D eigenvalue weighted by molar-refractivity contribution is -0.113. The van der Waals surface area contributed by atoms with Crippen LogP contribution in [0.1, 0.15) is 5.56 Å². The van der Waals surface area contributed by atoms with Gasteiger partial charge in [0.1, 0.15) is 5.03 Å². The summed E-state index contributed by atoms with van der Waals surface area (Å²) in [5.41, 5.74) is 2.63. The standard InChI is InChI=1S/C24H22N2O3S/c1-15-11-17-12-21(28-2)22(29-3)13-20(17)26-24(15)30-14-23(27)25-19-10-6-8-16-7-4-5-9-18(16)19/h4-13H,14H2,1-3H3,(H,25,27). The van der Waals surface area contributed by atoms with Crippen LogP contribution in [-0.4, -0.2) is 30.9 Å². The minimum atomic E-state index is -0.0649. The number of hydrogen-bond acceptors (Lipinski definition) is 5. The number of thioether (sulfide) groups is 1. The smallest absolute Gasteiger partial charge is 0.234 e. The average molecular weight is 419 g/mol. The number of anilines is 1. The molecule has 30 heavy (non-hydrogen) atoms. The van der Waals surface area contributed by atoms with Crippen molar-refractivity contribution in [1.29, 1.82) is 0 Å². The van der Waals surface area contributed by atoms with E-state index >= 15 is 0 Å². The first-order chi connectivity index (χ1) is 14.6. The van der Waals surface area contributed by atoms with Gasteiger partial charge in [0.2, 0.25) is 5.91 Å². The Morgan fingerprint density at radius 2 is 1.70 bits per heavy atom. The van der Waals surface area contributed by atoms with Crippen molar-refractivity contribution in [3.63, 3.8) is 0 Å². The maximum atomic E-state index is 12.6. The molecule has 0 fully saturated rings. The summed E-state index contributed by atoms with van der Waals surface area (Å²) in [5.74, 6) is 1.51. The molecule has 0 aliphatic heterocycles. The number of fused-ring (bicyclic) bond motifs is 2. The predicted octanol–water partition coefficient (Wildman–Crippen LogP) is 5.44. The predicted molar refractivity (Wildman–Crippen MR) is 123 cm³/mol. The summed E-state index contributed by atoms with van der Waals surface area (Å²) in [6, 6.07) is 19.7. The Hall–Kier alpha value is -3.25. The molecule has 0 bridgehead atoms. The molecule has 3 aromatic carbocycles. The zero-order valence-corrected chi connectivity index (χ0v) is 17.9. The van der Waals surface area contributed by atoms with E-state index in [1.54, 1.807) is 14.2 Å². The summed E-state index contributed by atoms with van der Waals surface area (Å²) in [6.45, 7) is 1.99. The van der Waals surface area contributed by atoms with Gasteiger partial charge in [-0.25, -0.2) is 4.98 Å². The monoisotopic (exact) mass is 418 g/mol. The fraction of sp³-hybridized carbons (Fsp3) is 0.167. The summed E-state index contributed by atoms with van der Waals surface area (Å²) in [4.78, 5) is 17.3. The third-order valence-corrected chi connectivity index (χ3v) is 5.96. The molecule has 0 atom stereocenters. The molecule has 0 saturated carbocycles. The van der Waals surface area contributed by atoms with Gasteiger partial charge in [0.05, 0.1) is 25.5 Å². The van der Waals surface area contributed by atoms with Gasteiger partial charge in [-0.15, -0.1) is 0 Å². The first kappa shape index (κ1) is 20.0. The third-order valence-electron chi connectivity index (χ3n) is 4.87. The highest BCUT2D eigenvalue weighted by Gasteiger charge is 2.12. The van der Waals surface area contributed by atoms with Gasteiger partial charge >= 0.3 is 0 Å². The maximum absolute atomic E-state index is 12.6. The second-order valence-corrected chi connectivity index (χ2v) is 7.84. The van der Waals surface area contributed by atoms with Crippen molar-refractivity contribution in [1.82, 2.24) is 4.98 Å². The highest BCUT2D eigenvalue weighted by Crippen LogP contribution is 2.33. The van der Waals surface area contributed by atoms with Crippen LogP contribution in [0, 0.1) is 6.92 Å². The molecule has 0 unspecified atom stereocenters. The highest BCUT2D eigenvalue weighted by atomic mass is 32.2. The van der Waals surface area contributed by atoms with Crippen LogP contribution in [0.4, 0.5) is 5.69 Å². The molecule has 5 nitrogen and oxygen atoms in total. The number of hydrogen-bond donors (Lipinski definition) is 1. The van der Waals surface area contributed by atoms with Gasteiger partial charge in [0.15, 0.2) is 11.5 Å². The summed E-state index contributed by atoms with van der Waals surface area (Å²) in [7, 11) is 3.22. The molecule has 0 saturated heterocycles. The number of nitrogens with zero attached hydrogens (tertiary/aromatic N) is 1. The van der Waals surface area contributed by atoms with E-state index in [0.29, 0.717) is 11.5 Å². The fourth-order valence-corrected chi connectivity index (χ4v) is 4.18. The van der Waals surface area contributed by atoms with Gasteiger partial charge in [0, 0.05) is 22.5 Å². The molecular weight excluding hydrogens is 396 g/mol. The number of carbonyl (C=O) groups is 1. The summed E-state index contributed by atoms with van der Waals surface area (Å²) in [6.07, 6.45) is 0.